The van der Waals surface area contributed by atoms with Crippen LogP contribution in [0.1, 0.15) is 10.9 Å². The second-order valence-electron chi connectivity index (χ2n) is 3.47. The van der Waals surface area contributed by atoms with Gasteiger partial charge in [-0.05, 0) is 18.2 Å². The maximum atomic E-state index is 5.91. The topological polar surface area (TPSA) is 38.0 Å². The van der Waals surface area contributed by atoms with Crippen molar-refractivity contribution >= 4 is 28.6 Å². The van der Waals surface area contributed by atoms with Crippen LogP contribution in [0.2, 0.25) is 5.02 Å². The summed E-state index contributed by atoms with van der Waals surface area (Å²) in [5.41, 5.74) is 6.83. The fourth-order valence-corrected chi connectivity index (χ4v) is 2.64. The van der Waals surface area contributed by atoms with Gasteiger partial charge in [0.1, 0.15) is 0 Å². The van der Waals surface area contributed by atoms with Crippen molar-refractivity contribution in [1.82, 2.24) is 0 Å². The SMILES string of the molecule is NCC(Nc1ccccc1)c1cc(Cl)cs1. The third-order valence-electron chi connectivity index (χ3n) is 2.28. The fourth-order valence-electron chi connectivity index (χ4n) is 1.49. The summed E-state index contributed by atoms with van der Waals surface area (Å²) >= 11 is 7.53. The highest BCUT2D eigenvalue weighted by Crippen LogP contribution is 2.27. The molecule has 0 saturated heterocycles. The number of nitrogens with two attached hydrogens (primary N) is 1. The summed E-state index contributed by atoms with van der Waals surface area (Å²) in [6.45, 7) is 0.547. The Kier molecular flexibility index (Phi) is 3.83. The number of rotatable bonds is 4. The maximum Gasteiger partial charge on any atom is 0.0729 e. The van der Waals surface area contributed by atoms with Gasteiger partial charge in [-0.25, -0.2) is 0 Å². The molecular weight excluding hydrogens is 240 g/mol. The Labute approximate surface area is 104 Å². The Balaban J connectivity index is 2.12. The van der Waals surface area contributed by atoms with E-state index in [1.807, 2.05) is 41.8 Å². The lowest BCUT2D eigenvalue weighted by atomic mass is 10.2. The second-order valence-corrected chi connectivity index (χ2v) is 4.85. The first-order valence-electron chi connectivity index (χ1n) is 5.05. The number of hydrogen-bond donors (Lipinski definition) is 2. The number of para-hydroxylation sites is 1. The van der Waals surface area contributed by atoms with Gasteiger partial charge < -0.3 is 11.1 Å². The molecule has 84 valence electrons. The Hall–Kier alpha value is -1.03. The van der Waals surface area contributed by atoms with Gasteiger partial charge in [0.25, 0.3) is 0 Å². The van der Waals surface area contributed by atoms with Gasteiger partial charge in [-0.3, -0.25) is 0 Å². The van der Waals surface area contributed by atoms with Crippen LogP contribution >= 0.6 is 22.9 Å². The normalized spacial score (nSPS) is 12.4. The van der Waals surface area contributed by atoms with Gasteiger partial charge in [-0.15, -0.1) is 11.3 Å². The standard InChI is InChI=1S/C12H13ClN2S/c13-9-6-12(16-8-9)11(7-14)15-10-4-2-1-3-5-10/h1-6,8,11,15H,7,14H2. The van der Waals surface area contributed by atoms with Crippen molar-refractivity contribution in [3.05, 3.63) is 51.7 Å². The summed E-state index contributed by atoms with van der Waals surface area (Å²) in [4.78, 5) is 1.16. The van der Waals surface area contributed by atoms with Gasteiger partial charge in [0.15, 0.2) is 0 Å². The van der Waals surface area contributed by atoms with Crippen LogP contribution in [0.3, 0.4) is 0 Å². The molecule has 0 radical (unpaired) electrons. The first-order chi connectivity index (χ1) is 7.79. The molecular formula is C12H13ClN2S. The van der Waals surface area contributed by atoms with Crippen molar-refractivity contribution < 1.29 is 0 Å². The van der Waals surface area contributed by atoms with E-state index in [0.717, 1.165) is 15.6 Å². The Morgan fingerprint density at radius 2 is 2.06 bits per heavy atom. The van der Waals surface area contributed by atoms with Gasteiger partial charge in [-0.1, -0.05) is 29.8 Å². The third-order valence-corrected chi connectivity index (χ3v) is 3.68. The molecule has 0 bridgehead atoms. The van der Waals surface area contributed by atoms with E-state index >= 15 is 0 Å². The minimum Gasteiger partial charge on any atom is -0.376 e. The Bertz CT molecular complexity index is 441. The fraction of sp³-hybridized carbons (Fsp3) is 0.167. The number of nitrogens with one attached hydrogen (secondary N) is 1. The predicted molar refractivity (Wildman–Crippen MR) is 71.2 cm³/mol. The van der Waals surface area contributed by atoms with Crippen molar-refractivity contribution in [2.45, 2.75) is 6.04 Å². The van der Waals surface area contributed by atoms with E-state index in [1.165, 1.54) is 0 Å². The number of halogens is 1. The zero-order valence-corrected chi connectivity index (χ0v) is 10.3. The molecule has 2 nitrogen and oxygen atoms in total. The van der Waals surface area contributed by atoms with Crippen LogP contribution in [-0.4, -0.2) is 6.54 Å². The minimum absolute atomic E-state index is 0.125. The lowest BCUT2D eigenvalue weighted by Gasteiger charge is -2.16. The lowest BCUT2D eigenvalue weighted by Crippen LogP contribution is -2.19. The molecule has 0 aliphatic heterocycles. The van der Waals surface area contributed by atoms with Crippen LogP contribution in [0.4, 0.5) is 5.69 Å². The number of benzene rings is 1. The molecule has 1 heterocycles. The molecule has 4 heteroatoms. The molecule has 1 aromatic heterocycles. The summed E-state index contributed by atoms with van der Waals surface area (Å²) in [5, 5.41) is 6.08. The van der Waals surface area contributed by atoms with Crippen molar-refractivity contribution in [1.29, 1.82) is 0 Å². The molecule has 2 rings (SSSR count). The van der Waals surface area contributed by atoms with E-state index in [4.69, 9.17) is 17.3 Å². The highest BCUT2D eigenvalue weighted by molar-refractivity contribution is 7.10. The second kappa shape index (κ2) is 5.34. The summed E-state index contributed by atoms with van der Waals surface area (Å²) in [6, 6.07) is 12.1. The molecule has 1 aromatic carbocycles. The van der Waals surface area contributed by atoms with Gasteiger partial charge in [0, 0.05) is 22.5 Å². The molecule has 1 atom stereocenters. The van der Waals surface area contributed by atoms with Crippen molar-refractivity contribution in [2.75, 3.05) is 11.9 Å². The van der Waals surface area contributed by atoms with E-state index in [0.29, 0.717) is 6.54 Å². The van der Waals surface area contributed by atoms with E-state index in [-0.39, 0.29) is 6.04 Å². The summed E-state index contributed by atoms with van der Waals surface area (Å²) < 4.78 is 0. The Morgan fingerprint density at radius 3 is 2.62 bits per heavy atom. The summed E-state index contributed by atoms with van der Waals surface area (Å²) in [6.07, 6.45) is 0. The largest absolute Gasteiger partial charge is 0.376 e. The van der Waals surface area contributed by atoms with E-state index in [1.54, 1.807) is 11.3 Å². The smallest absolute Gasteiger partial charge is 0.0729 e. The number of hydrogen-bond acceptors (Lipinski definition) is 3. The molecule has 2 aromatic rings. The predicted octanol–water partition coefficient (Wildman–Crippen LogP) is 3.51. The lowest BCUT2D eigenvalue weighted by molar-refractivity contribution is 0.806. The van der Waals surface area contributed by atoms with Crippen LogP contribution in [0.25, 0.3) is 0 Å². The maximum absolute atomic E-state index is 5.91. The molecule has 0 spiro atoms. The van der Waals surface area contributed by atoms with Gasteiger partial charge in [0.2, 0.25) is 0 Å². The van der Waals surface area contributed by atoms with Crippen LogP contribution < -0.4 is 11.1 Å². The van der Waals surface area contributed by atoms with E-state index in [9.17, 15) is 0 Å². The van der Waals surface area contributed by atoms with Crippen LogP contribution in [0.5, 0.6) is 0 Å². The van der Waals surface area contributed by atoms with E-state index < -0.39 is 0 Å². The average molecular weight is 253 g/mol. The first-order valence-corrected chi connectivity index (χ1v) is 6.31. The summed E-state index contributed by atoms with van der Waals surface area (Å²) in [7, 11) is 0. The van der Waals surface area contributed by atoms with Crippen molar-refractivity contribution in [3.63, 3.8) is 0 Å². The van der Waals surface area contributed by atoms with Crippen LogP contribution in [0.15, 0.2) is 41.8 Å². The van der Waals surface area contributed by atoms with Gasteiger partial charge in [0.05, 0.1) is 11.1 Å². The van der Waals surface area contributed by atoms with Gasteiger partial charge in [-0.2, -0.15) is 0 Å². The number of thiophene rings is 1. The molecule has 0 saturated carbocycles. The van der Waals surface area contributed by atoms with Crippen LogP contribution in [-0.2, 0) is 0 Å². The highest BCUT2D eigenvalue weighted by atomic mass is 35.5. The molecule has 3 N–H and O–H groups in total. The molecule has 0 aliphatic carbocycles. The zero-order valence-electron chi connectivity index (χ0n) is 8.69. The van der Waals surface area contributed by atoms with Gasteiger partial charge >= 0.3 is 0 Å². The summed E-state index contributed by atoms with van der Waals surface area (Å²) in [5.74, 6) is 0. The minimum atomic E-state index is 0.125. The number of anilines is 1. The monoisotopic (exact) mass is 252 g/mol. The third kappa shape index (κ3) is 2.76. The molecule has 16 heavy (non-hydrogen) atoms. The van der Waals surface area contributed by atoms with Crippen molar-refractivity contribution in [2.24, 2.45) is 5.73 Å². The quantitative estimate of drug-likeness (QED) is 0.874. The zero-order chi connectivity index (χ0) is 11.4. The molecule has 0 amide bonds. The van der Waals surface area contributed by atoms with Crippen molar-refractivity contribution in [3.8, 4) is 0 Å². The first kappa shape index (κ1) is 11.5. The molecule has 0 fully saturated rings. The highest BCUT2D eigenvalue weighted by Gasteiger charge is 2.11. The van der Waals surface area contributed by atoms with E-state index in [2.05, 4.69) is 5.32 Å². The Morgan fingerprint density at radius 1 is 1.31 bits per heavy atom. The molecule has 0 aliphatic rings. The average Bonchev–Trinajstić information content (AvgIpc) is 2.74. The molecule has 1 unspecified atom stereocenters. The van der Waals surface area contributed by atoms with Crippen LogP contribution in [0, 0.1) is 0 Å².